The second kappa shape index (κ2) is 10.1. The Morgan fingerprint density at radius 3 is 2.63 bits per heavy atom. The average molecular weight is 487 g/mol. The van der Waals surface area contributed by atoms with Crippen LogP contribution in [0.2, 0.25) is 0 Å². The highest BCUT2D eigenvalue weighted by molar-refractivity contribution is 7.10. The molecule has 0 radical (unpaired) electrons. The molecular formula is C29H30N2O3S. The van der Waals surface area contributed by atoms with Gasteiger partial charge in [0, 0.05) is 22.4 Å². The number of fused-ring (bicyclic) bond motifs is 1. The Morgan fingerprint density at radius 2 is 1.86 bits per heavy atom. The van der Waals surface area contributed by atoms with Crippen LogP contribution in [-0.2, 0) is 4.79 Å². The average Bonchev–Trinajstić information content (AvgIpc) is 3.37. The smallest absolute Gasteiger partial charge is 0.268 e. The van der Waals surface area contributed by atoms with Crippen LogP contribution in [-0.4, -0.2) is 17.4 Å². The molecule has 5 nitrogen and oxygen atoms in total. The van der Waals surface area contributed by atoms with Gasteiger partial charge in [-0.25, -0.2) is 0 Å². The van der Waals surface area contributed by atoms with Gasteiger partial charge >= 0.3 is 0 Å². The van der Waals surface area contributed by atoms with Crippen LogP contribution in [0.4, 0.5) is 0 Å². The molecule has 6 heteroatoms. The van der Waals surface area contributed by atoms with Gasteiger partial charge in [0.05, 0.1) is 6.04 Å². The number of ether oxygens (including phenoxy) is 1. The number of nitrogens with one attached hydrogen (secondary N) is 2. The van der Waals surface area contributed by atoms with Crippen molar-refractivity contribution >= 4 is 29.2 Å². The van der Waals surface area contributed by atoms with E-state index in [1.807, 2.05) is 66.9 Å². The van der Waals surface area contributed by atoms with Crippen LogP contribution in [0.1, 0.15) is 70.9 Å². The van der Waals surface area contributed by atoms with E-state index in [2.05, 4.69) is 10.6 Å². The van der Waals surface area contributed by atoms with Crippen molar-refractivity contribution in [3.8, 4) is 5.75 Å². The van der Waals surface area contributed by atoms with Gasteiger partial charge in [-0.15, -0.1) is 11.3 Å². The lowest BCUT2D eigenvalue weighted by molar-refractivity contribution is -0.119. The number of aryl methyl sites for hydroxylation is 1. The van der Waals surface area contributed by atoms with Gasteiger partial charge in [-0.05, 0) is 68.3 Å². The number of benzene rings is 2. The molecular weight excluding hydrogens is 456 g/mol. The van der Waals surface area contributed by atoms with Gasteiger partial charge in [-0.1, -0.05) is 48.4 Å². The summed E-state index contributed by atoms with van der Waals surface area (Å²) in [5.74, 6) is 0.244. The van der Waals surface area contributed by atoms with E-state index >= 15 is 0 Å². The zero-order valence-corrected chi connectivity index (χ0v) is 20.7. The molecule has 1 aliphatic heterocycles. The maximum Gasteiger partial charge on any atom is 0.268 e. The lowest BCUT2D eigenvalue weighted by Crippen LogP contribution is -2.47. The van der Waals surface area contributed by atoms with E-state index in [9.17, 15) is 9.59 Å². The Balaban J connectivity index is 1.42. The van der Waals surface area contributed by atoms with Crippen molar-refractivity contribution in [1.82, 2.24) is 10.6 Å². The zero-order valence-electron chi connectivity index (χ0n) is 19.9. The van der Waals surface area contributed by atoms with Crippen LogP contribution >= 0.6 is 11.3 Å². The molecule has 2 amide bonds. The number of amides is 2. The number of thiophene rings is 1. The number of hydrogen-bond acceptors (Lipinski definition) is 4. The molecule has 1 atom stereocenters. The molecule has 2 aromatic carbocycles. The summed E-state index contributed by atoms with van der Waals surface area (Å²) in [5.41, 5.74) is 2.49. The molecule has 0 bridgehead atoms. The van der Waals surface area contributed by atoms with Gasteiger partial charge in [0.25, 0.3) is 11.8 Å². The zero-order chi connectivity index (χ0) is 24.3. The van der Waals surface area contributed by atoms with Crippen LogP contribution < -0.4 is 15.4 Å². The topological polar surface area (TPSA) is 67.4 Å². The molecule has 1 spiro atoms. The first-order valence-corrected chi connectivity index (χ1v) is 13.1. The van der Waals surface area contributed by atoms with Crippen molar-refractivity contribution in [2.24, 2.45) is 0 Å². The fourth-order valence-corrected chi connectivity index (χ4v) is 5.80. The Labute approximate surface area is 210 Å². The molecule has 1 fully saturated rings. The Hall–Kier alpha value is -3.38. The summed E-state index contributed by atoms with van der Waals surface area (Å²) in [6.45, 7) is 1.94. The highest BCUT2D eigenvalue weighted by Crippen LogP contribution is 2.46. The SMILES string of the molecule is Cc1cccc(C(=O)N/C(=C\c2cccs2)C(=O)NC2CC3(CCCCC3)Oc3ccccc32)c1. The standard InChI is InChI=1S/C29H30N2O3S/c1-20-9-7-10-21(17-20)27(32)30-24(18-22-11-8-16-35-22)28(33)31-25-19-29(14-5-2-6-15-29)34-26-13-4-3-12-23(25)26/h3-4,7-13,16-18,25H,2,5-6,14-15,19H2,1H3,(H,30,32)(H,31,33)/b24-18-. The molecule has 1 unspecified atom stereocenters. The summed E-state index contributed by atoms with van der Waals surface area (Å²) in [5, 5.41) is 8.05. The van der Waals surface area contributed by atoms with Gasteiger partial charge in [-0.3, -0.25) is 9.59 Å². The van der Waals surface area contributed by atoms with E-state index in [0.717, 1.165) is 53.9 Å². The van der Waals surface area contributed by atoms with Crippen LogP contribution in [0.5, 0.6) is 5.75 Å². The van der Waals surface area contributed by atoms with E-state index in [0.29, 0.717) is 5.56 Å². The van der Waals surface area contributed by atoms with Crippen LogP contribution in [0.3, 0.4) is 0 Å². The summed E-state index contributed by atoms with van der Waals surface area (Å²) >= 11 is 1.52. The Morgan fingerprint density at radius 1 is 1.03 bits per heavy atom. The first-order chi connectivity index (χ1) is 17.0. The number of carbonyl (C=O) groups is 2. The molecule has 180 valence electrons. The van der Waals surface area contributed by atoms with E-state index < -0.39 is 0 Å². The summed E-state index contributed by atoms with van der Waals surface area (Å²) < 4.78 is 6.52. The lowest BCUT2D eigenvalue weighted by atomic mass is 9.77. The molecule has 2 heterocycles. The fraction of sp³-hybridized carbons (Fsp3) is 0.310. The Bertz CT molecular complexity index is 1240. The van der Waals surface area contributed by atoms with Gasteiger partial charge in [0.2, 0.25) is 0 Å². The molecule has 1 saturated carbocycles. The van der Waals surface area contributed by atoms with E-state index in [1.165, 1.54) is 17.8 Å². The number of carbonyl (C=O) groups excluding carboxylic acids is 2. The van der Waals surface area contributed by atoms with E-state index in [-0.39, 0.29) is 29.2 Å². The normalized spacial score (nSPS) is 18.9. The van der Waals surface area contributed by atoms with Crippen molar-refractivity contribution in [3.05, 3.63) is 93.3 Å². The van der Waals surface area contributed by atoms with Crippen molar-refractivity contribution in [2.75, 3.05) is 0 Å². The van der Waals surface area contributed by atoms with Gasteiger partial charge in [0.15, 0.2) is 0 Å². The largest absolute Gasteiger partial charge is 0.487 e. The number of rotatable bonds is 5. The quantitative estimate of drug-likeness (QED) is 0.424. The minimum Gasteiger partial charge on any atom is -0.487 e. The molecule has 2 N–H and O–H groups in total. The molecule has 5 rings (SSSR count). The number of hydrogen-bond donors (Lipinski definition) is 2. The fourth-order valence-electron chi connectivity index (χ4n) is 5.14. The third kappa shape index (κ3) is 5.33. The lowest BCUT2D eigenvalue weighted by Gasteiger charge is -2.44. The van der Waals surface area contributed by atoms with E-state index in [4.69, 9.17) is 4.74 Å². The Kier molecular flexibility index (Phi) is 6.73. The maximum atomic E-state index is 13.6. The van der Waals surface area contributed by atoms with Gasteiger partial charge in [0.1, 0.15) is 17.0 Å². The highest BCUT2D eigenvalue weighted by Gasteiger charge is 2.42. The molecule has 1 aromatic heterocycles. The summed E-state index contributed by atoms with van der Waals surface area (Å²) in [7, 11) is 0. The minimum atomic E-state index is -0.303. The second-order valence-electron chi connectivity index (χ2n) is 9.51. The molecule has 0 saturated heterocycles. The summed E-state index contributed by atoms with van der Waals surface area (Å²) in [4.78, 5) is 27.5. The van der Waals surface area contributed by atoms with Crippen molar-refractivity contribution in [2.45, 2.75) is 57.1 Å². The highest BCUT2D eigenvalue weighted by atomic mass is 32.1. The number of para-hydroxylation sites is 1. The molecule has 2 aliphatic rings. The van der Waals surface area contributed by atoms with Crippen LogP contribution in [0, 0.1) is 6.92 Å². The summed E-state index contributed by atoms with van der Waals surface area (Å²) in [6.07, 6.45) is 7.97. The van der Waals surface area contributed by atoms with Crippen LogP contribution in [0.15, 0.2) is 71.7 Å². The first-order valence-electron chi connectivity index (χ1n) is 12.2. The van der Waals surface area contributed by atoms with Crippen LogP contribution in [0.25, 0.3) is 6.08 Å². The predicted octanol–water partition coefficient (Wildman–Crippen LogP) is 6.17. The van der Waals surface area contributed by atoms with E-state index in [1.54, 1.807) is 12.1 Å². The van der Waals surface area contributed by atoms with Crippen molar-refractivity contribution < 1.29 is 14.3 Å². The third-order valence-corrected chi connectivity index (χ3v) is 7.69. The predicted molar refractivity (Wildman–Crippen MR) is 139 cm³/mol. The molecule has 35 heavy (non-hydrogen) atoms. The summed E-state index contributed by atoms with van der Waals surface area (Å²) in [6, 6.07) is 19.0. The maximum absolute atomic E-state index is 13.6. The van der Waals surface area contributed by atoms with Gasteiger partial charge in [-0.2, -0.15) is 0 Å². The minimum absolute atomic E-state index is 0.187. The molecule has 3 aromatic rings. The van der Waals surface area contributed by atoms with Crippen molar-refractivity contribution in [3.63, 3.8) is 0 Å². The second-order valence-corrected chi connectivity index (χ2v) is 10.5. The third-order valence-electron chi connectivity index (χ3n) is 6.87. The first kappa shape index (κ1) is 23.4. The monoisotopic (exact) mass is 486 g/mol. The molecule has 1 aliphatic carbocycles. The van der Waals surface area contributed by atoms with Gasteiger partial charge < -0.3 is 15.4 Å². The van der Waals surface area contributed by atoms with Crippen molar-refractivity contribution in [1.29, 1.82) is 0 Å².